The maximum absolute atomic E-state index is 11.6. The highest BCUT2D eigenvalue weighted by molar-refractivity contribution is 9.10. The lowest BCUT2D eigenvalue weighted by Crippen LogP contribution is -2.47. The Morgan fingerprint density at radius 1 is 1.33 bits per heavy atom. The molecule has 0 spiro atoms. The van der Waals surface area contributed by atoms with Gasteiger partial charge in [-0.05, 0) is 37.6 Å². The minimum atomic E-state index is -1.29. The zero-order valence-electron chi connectivity index (χ0n) is 11.6. The molecule has 0 unspecified atom stereocenters. The van der Waals surface area contributed by atoms with E-state index in [4.69, 9.17) is 9.84 Å². The number of nitrogens with one attached hydrogen (secondary N) is 1. The first kappa shape index (κ1) is 17.5. The molecule has 2 atom stereocenters. The van der Waals surface area contributed by atoms with Crippen LogP contribution in [-0.2, 0) is 9.59 Å². The molecule has 1 rings (SSSR count). The SMILES string of the molecule is C[C@@H](O)[C@H](NC(=O)CCCOc1ccc(Br)cc1)C(=O)O. The summed E-state index contributed by atoms with van der Waals surface area (Å²) in [5.74, 6) is -0.988. The number of hydrogen-bond acceptors (Lipinski definition) is 4. The minimum Gasteiger partial charge on any atom is -0.494 e. The molecule has 0 bridgehead atoms. The molecule has 1 aromatic rings. The van der Waals surface area contributed by atoms with Gasteiger partial charge in [-0.15, -0.1) is 0 Å². The van der Waals surface area contributed by atoms with Gasteiger partial charge in [-0.1, -0.05) is 15.9 Å². The molecule has 0 heterocycles. The molecule has 0 aliphatic rings. The predicted molar refractivity (Wildman–Crippen MR) is 80.1 cm³/mol. The number of carboxylic acid groups (broad SMARTS) is 1. The quantitative estimate of drug-likeness (QED) is 0.612. The summed E-state index contributed by atoms with van der Waals surface area (Å²) in [7, 11) is 0. The van der Waals surface area contributed by atoms with Crippen LogP contribution >= 0.6 is 15.9 Å². The molecule has 7 heteroatoms. The Labute approximate surface area is 131 Å². The van der Waals surface area contributed by atoms with E-state index >= 15 is 0 Å². The number of carbonyl (C=O) groups is 2. The lowest BCUT2D eigenvalue weighted by atomic mass is 10.1. The van der Waals surface area contributed by atoms with Crippen LogP contribution in [0.3, 0.4) is 0 Å². The Hall–Kier alpha value is -1.60. The monoisotopic (exact) mass is 359 g/mol. The van der Waals surface area contributed by atoms with Crippen molar-refractivity contribution in [2.45, 2.75) is 31.9 Å². The second-order valence-electron chi connectivity index (χ2n) is 4.53. The summed E-state index contributed by atoms with van der Waals surface area (Å²) in [5, 5.41) is 20.4. The summed E-state index contributed by atoms with van der Waals surface area (Å²) in [5.41, 5.74) is 0. The fourth-order valence-corrected chi connectivity index (χ4v) is 1.85. The van der Waals surface area contributed by atoms with Crippen LogP contribution in [0.15, 0.2) is 28.7 Å². The molecule has 116 valence electrons. The molecule has 6 nitrogen and oxygen atoms in total. The highest BCUT2D eigenvalue weighted by Gasteiger charge is 2.24. The van der Waals surface area contributed by atoms with Crippen molar-refractivity contribution in [2.24, 2.45) is 0 Å². The van der Waals surface area contributed by atoms with E-state index < -0.39 is 24.0 Å². The number of aliphatic hydroxyl groups is 1. The topological polar surface area (TPSA) is 95.9 Å². The van der Waals surface area contributed by atoms with Crippen molar-refractivity contribution in [3.05, 3.63) is 28.7 Å². The van der Waals surface area contributed by atoms with Gasteiger partial charge in [0.25, 0.3) is 0 Å². The predicted octanol–water partition coefficient (Wildman–Crippen LogP) is 1.56. The molecule has 3 N–H and O–H groups in total. The van der Waals surface area contributed by atoms with Crippen LogP contribution in [0, 0.1) is 0 Å². The smallest absolute Gasteiger partial charge is 0.328 e. The standard InChI is InChI=1S/C14H18BrNO5/c1-9(17)13(14(19)20)16-12(18)3-2-8-21-11-6-4-10(15)5-7-11/h4-7,9,13,17H,2-3,8H2,1H3,(H,16,18)(H,19,20)/t9-,13+/m1/s1. The van der Waals surface area contributed by atoms with E-state index in [1.54, 1.807) is 12.1 Å². The normalized spacial score (nSPS) is 13.3. The van der Waals surface area contributed by atoms with Gasteiger partial charge >= 0.3 is 5.97 Å². The number of halogens is 1. The van der Waals surface area contributed by atoms with Crippen molar-refractivity contribution in [1.82, 2.24) is 5.32 Å². The van der Waals surface area contributed by atoms with Gasteiger partial charge in [0.2, 0.25) is 5.91 Å². The average Bonchev–Trinajstić information content (AvgIpc) is 2.42. The van der Waals surface area contributed by atoms with Crippen molar-refractivity contribution in [2.75, 3.05) is 6.61 Å². The van der Waals surface area contributed by atoms with Gasteiger partial charge in [0.15, 0.2) is 6.04 Å². The summed E-state index contributed by atoms with van der Waals surface area (Å²) in [6.45, 7) is 1.66. The fourth-order valence-electron chi connectivity index (χ4n) is 1.59. The molecule has 0 saturated carbocycles. The first-order valence-electron chi connectivity index (χ1n) is 6.48. The summed E-state index contributed by atoms with van der Waals surface area (Å²) in [6, 6.07) is 6.02. The first-order valence-corrected chi connectivity index (χ1v) is 7.28. The highest BCUT2D eigenvalue weighted by Crippen LogP contribution is 2.16. The second-order valence-corrected chi connectivity index (χ2v) is 5.45. The number of aliphatic carboxylic acids is 1. The van der Waals surface area contributed by atoms with E-state index in [0.29, 0.717) is 18.8 Å². The fraction of sp³-hybridized carbons (Fsp3) is 0.429. The Bertz CT molecular complexity index is 475. The van der Waals surface area contributed by atoms with Gasteiger partial charge in [0.05, 0.1) is 12.7 Å². The number of carboxylic acids is 1. The minimum absolute atomic E-state index is 0.132. The summed E-state index contributed by atoms with van der Waals surface area (Å²) in [4.78, 5) is 22.4. The third-order valence-electron chi connectivity index (χ3n) is 2.70. The van der Waals surface area contributed by atoms with Crippen LogP contribution in [0.25, 0.3) is 0 Å². The maximum Gasteiger partial charge on any atom is 0.328 e. The van der Waals surface area contributed by atoms with Gasteiger partial charge in [-0.25, -0.2) is 4.79 Å². The lowest BCUT2D eigenvalue weighted by Gasteiger charge is -2.16. The van der Waals surface area contributed by atoms with Crippen LogP contribution in [0.1, 0.15) is 19.8 Å². The van der Waals surface area contributed by atoms with Crippen molar-refractivity contribution in [3.8, 4) is 5.75 Å². The van der Waals surface area contributed by atoms with E-state index in [0.717, 1.165) is 4.47 Å². The Balaban J connectivity index is 2.27. The Kier molecular flexibility index (Phi) is 7.18. The Morgan fingerprint density at radius 2 is 1.95 bits per heavy atom. The van der Waals surface area contributed by atoms with Crippen LogP contribution in [0.2, 0.25) is 0 Å². The molecule has 0 saturated heterocycles. The molecule has 21 heavy (non-hydrogen) atoms. The van der Waals surface area contributed by atoms with Crippen molar-refractivity contribution >= 4 is 27.8 Å². The first-order chi connectivity index (χ1) is 9.90. The molecule has 1 amide bonds. The zero-order valence-corrected chi connectivity index (χ0v) is 13.2. The van der Waals surface area contributed by atoms with E-state index in [-0.39, 0.29) is 6.42 Å². The molecule has 0 aromatic heterocycles. The van der Waals surface area contributed by atoms with Crippen molar-refractivity contribution in [3.63, 3.8) is 0 Å². The van der Waals surface area contributed by atoms with Gasteiger partial charge in [-0.2, -0.15) is 0 Å². The van der Waals surface area contributed by atoms with Crippen LogP contribution < -0.4 is 10.1 Å². The largest absolute Gasteiger partial charge is 0.494 e. The van der Waals surface area contributed by atoms with Crippen molar-refractivity contribution in [1.29, 1.82) is 0 Å². The summed E-state index contributed by atoms with van der Waals surface area (Å²) in [6.07, 6.45) is -0.563. The molecular weight excluding hydrogens is 342 g/mol. The van der Waals surface area contributed by atoms with Gasteiger partial charge in [0, 0.05) is 10.9 Å². The molecule has 0 fully saturated rings. The highest BCUT2D eigenvalue weighted by atomic mass is 79.9. The van der Waals surface area contributed by atoms with Crippen LogP contribution in [-0.4, -0.2) is 40.8 Å². The number of benzene rings is 1. The number of ether oxygens (including phenoxy) is 1. The van der Waals surface area contributed by atoms with E-state index in [2.05, 4.69) is 21.2 Å². The number of rotatable bonds is 8. The Morgan fingerprint density at radius 3 is 2.48 bits per heavy atom. The molecular formula is C14H18BrNO5. The third kappa shape index (κ3) is 6.59. The molecule has 0 aliphatic carbocycles. The number of aliphatic hydroxyl groups excluding tert-OH is 1. The van der Waals surface area contributed by atoms with Gasteiger partial charge in [-0.3, -0.25) is 4.79 Å². The summed E-state index contributed by atoms with van der Waals surface area (Å²) < 4.78 is 6.40. The molecule has 1 aromatic carbocycles. The number of amides is 1. The maximum atomic E-state index is 11.6. The van der Waals surface area contributed by atoms with E-state index in [1.165, 1.54) is 6.92 Å². The van der Waals surface area contributed by atoms with E-state index in [9.17, 15) is 14.7 Å². The lowest BCUT2D eigenvalue weighted by molar-refractivity contribution is -0.144. The zero-order chi connectivity index (χ0) is 15.8. The molecule has 0 radical (unpaired) electrons. The number of hydrogen-bond donors (Lipinski definition) is 3. The van der Waals surface area contributed by atoms with Gasteiger partial charge < -0.3 is 20.3 Å². The van der Waals surface area contributed by atoms with Gasteiger partial charge in [0.1, 0.15) is 5.75 Å². The summed E-state index contributed by atoms with van der Waals surface area (Å²) >= 11 is 3.32. The second kappa shape index (κ2) is 8.63. The van der Waals surface area contributed by atoms with E-state index in [1.807, 2.05) is 12.1 Å². The molecule has 0 aliphatic heterocycles. The van der Waals surface area contributed by atoms with Crippen LogP contribution in [0.4, 0.5) is 0 Å². The average molecular weight is 360 g/mol. The number of carbonyl (C=O) groups excluding carboxylic acids is 1. The van der Waals surface area contributed by atoms with Crippen LogP contribution in [0.5, 0.6) is 5.75 Å². The third-order valence-corrected chi connectivity index (χ3v) is 3.22. The van der Waals surface area contributed by atoms with Crippen molar-refractivity contribution < 1.29 is 24.5 Å².